The second kappa shape index (κ2) is 8.03. The van der Waals surface area contributed by atoms with E-state index in [1.165, 1.54) is 30.3 Å². The maximum absolute atomic E-state index is 14.6. The van der Waals surface area contributed by atoms with Crippen LogP contribution in [0.2, 0.25) is 0 Å². The summed E-state index contributed by atoms with van der Waals surface area (Å²) in [5.74, 6) is -5.45. The highest BCUT2D eigenvalue weighted by molar-refractivity contribution is 6.07. The molecule has 1 heterocycles. The Morgan fingerprint density at radius 2 is 1.63 bits per heavy atom. The molecule has 0 atom stereocenters. The summed E-state index contributed by atoms with van der Waals surface area (Å²) in [5.41, 5.74) is 2.71. The highest BCUT2D eigenvalue weighted by atomic mass is 19.1. The number of H-pyrrole nitrogens is 1. The number of nitrogens with one attached hydrogen (secondary N) is 1. The predicted molar refractivity (Wildman–Crippen MR) is 102 cm³/mol. The molecular formula is C20H14F2N2O6. The molecule has 5 N–H and O–H groups in total. The van der Waals surface area contributed by atoms with Gasteiger partial charge in [-0.1, -0.05) is 18.2 Å². The number of nitrogens with two attached hydrogens (primary N) is 1. The van der Waals surface area contributed by atoms with Crippen molar-refractivity contribution in [1.29, 1.82) is 0 Å². The summed E-state index contributed by atoms with van der Waals surface area (Å²) in [5, 5.41) is 18.8. The molecule has 8 nitrogen and oxygen atoms in total. The van der Waals surface area contributed by atoms with Crippen LogP contribution in [0.3, 0.4) is 0 Å². The first-order chi connectivity index (χ1) is 14.2. The molecule has 0 saturated carbocycles. The zero-order valence-corrected chi connectivity index (χ0v) is 15.1. The molecule has 30 heavy (non-hydrogen) atoms. The average molecular weight is 416 g/mol. The van der Waals surface area contributed by atoms with E-state index in [0.717, 1.165) is 12.1 Å². The van der Waals surface area contributed by atoms with Gasteiger partial charge in [-0.15, -0.1) is 0 Å². The fraction of sp³-hybridized carbons (Fsp3) is 0.0500. The van der Waals surface area contributed by atoms with Gasteiger partial charge in [0.15, 0.2) is 11.6 Å². The van der Waals surface area contributed by atoms with Crippen LogP contribution in [0.4, 0.5) is 14.6 Å². The van der Waals surface area contributed by atoms with Gasteiger partial charge in [-0.3, -0.25) is 4.79 Å². The smallest absolute Gasteiger partial charge is 0.342 e. The quantitative estimate of drug-likeness (QED) is 0.484. The zero-order chi connectivity index (χ0) is 22.0. The van der Waals surface area contributed by atoms with Crippen molar-refractivity contribution >= 4 is 17.8 Å². The number of hydrogen-bond donors (Lipinski definition) is 4. The number of carboxylic acids is 2. The van der Waals surface area contributed by atoms with Crippen molar-refractivity contribution in [2.24, 2.45) is 0 Å². The van der Waals surface area contributed by atoms with E-state index in [9.17, 15) is 33.4 Å². The van der Waals surface area contributed by atoms with E-state index in [1.807, 2.05) is 4.98 Å². The molecule has 0 saturated heterocycles. The van der Waals surface area contributed by atoms with Crippen molar-refractivity contribution in [1.82, 2.24) is 4.98 Å². The Morgan fingerprint density at radius 3 is 2.20 bits per heavy atom. The molecule has 0 unspecified atom stereocenters. The van der Waals surface area contributed by atoms with Crippen LogP contribution in [0, 0.1) is 11.6 Å². The number of carbonyl (C=O) groups is 2. The van der Waals surface area contributed by atoms with Gasteiger partial charge in [-0.2, -0.15) is 0 Å². The second-order valence-electron chi connectivity index (χ2n) is 6.16. The van der Waals surface area contributed by atoms with Crippen molar-refractivity contribution in [3.63, 3.8) is 0 Å². The third kappa shape index (κ3) is 3.97. The van der Waals surface area contributed by atoms with Gasteiger partial charge in [0.1, 0.15) is 29.4 Å². The van der Waals surface area contributed by atoms with Crippen molar-refractivity contribution < 1.29 is 33.3 Å². The number of nitrogen functional groups attached to an aromatic ring is 1. The summed E-state index contributed by atoms with van der Waals surface area (Å²) in [6.07, 6.45) is 0. The summed E-state index contributed by atoms with van der Waals surface area (Å²) < 4.78 is 32.8. The first kappa shape index (κ1) is 20.5. The minimum Gasteiger partial charge on any atom is -0.486 e. The largest absolute Gasteiger partial charge is 0.486 e. The van der Waals surface area contributed by atoms with E-state index in [0.29, 0.717) is 5.56 Å². The number of pyridine rings is 1. The maximum atomic E-state index is 14.6. The van der Waals surface area contributed by atoms with Gasteiger partial charge in [-0.05, 0) is 35.4 Å². The third-order valence-corrected chi connectivity index (χ3v) is 4.20. The predicted octanol–water partition coefficient (Wildman–Crippen LogP) is 2.88. The summed E-state index contributed by atoms with van der Waals surface area (Å²) >= 11 is 0. The lowest BCUT2D eigenvalue weighted by atomic mass is 9.95. The number of benzene rings is 2. The van der Waals surface area contributed by atoms with Gasteiger partial charge in [0.2, 0.25) is 0 Å². The lowest BCUT2D eigenvalue weighted by Gasteiger charge is -2.13. The van der Waals surface area contributed by atoms with Gasteiger partial charge >= 0.3 is 11.9 Å². The SMILES string of the molecule is Nc1[nH]c(=O)c(C(=O)O)c(-c2ccc(OCc3ccc(F)cc3)c(F)c2)c1C(=O)O. The van der Waals surface area contributed by atoms with Gasteiger partial charge < -0.3 is 25.7 Å². The highest BCUT2D eigenvalue weighted by Crippen LogP contribution is 2.32. The van der Waals surface area contributed by atoms with Crippen LogP contribution in [0.1, 0.15) is 26.3 Å². The van der Waals surface area contributed by atoms with Crippen LogP contribution in [0.5, 0.6) is 5.75 Å². The average Bonchev–Trinajstić information content (AvgIpc) is 2.67. The van der Waals surface area contributed by atoms with E-state index >= 15 is 0 Å². The van der Waals surface area contributed by atoms with Gasteiger partial charge in [0.25, 0.3) is 5.56 Å². The Labute approximate surface area is 167 Å². The number of ether oxygens (including phenoxy) is 1. The molecule has 0 fully saturated rings. The van der Waals surface area contributed by atoms with Crippen molar-refractivity contribution in [3.05, 3.63) is 81.1 Å². The number of carboxylic acid groups (broad SMARTS) is 2. The number of rotatable bonds is 6. The first-order valence-electron chi connectivity index (χ1n) is 8.38. The number of hydrogen-bond acceptors (Lipinski definition) is 5. The first-order valence-corrected chi connectivity index (χ1v) is 8.38. The minimum atomic E-state index is -1.70. The molecule has 0 aliphatic carbocycles. The number of aromatic nitrogens is 1. The van der Waals surface area contributed by atoms with E-state index in [1.54, 1.807) is 0 Å². The monoisotopic (exact) mass is 416 g/mol. The summed E-state index contributed by atoms with van der Waals surface area (Å²) in [4.78, 5) is 37.1. The Bertz CT molecular complexity index is 1210. The van der Waals surface area contributed by atoms with Gasteiger partial charge in [0, 0.05) is 5.56 Å². The number of aromatic carboxylic acids is 2. The van der Waals surface area contributed by atoms with E-state index in [2.05, 4.69) is 0 Å². The minimum absolute atomic E-state index is 0.0742. The standard InChI is InChI=1S/C20H14F2N2O6/c21-11-4-1-9(2-5-11)8-30-13-6-3-10(7-12(13)22)14-15(19(26)27)17(23)24-18(25)16(14)20(28)29/h1-7H,8H2,(H,26,27)(H,28,29)(H3,23,24,25). The Morgan fingerprint density at radius 1 is 1.00 bits per heavy atom. The summed E-state index contributed by atoms with van der Waals surface area (Å²) in [7, 11) is 0. The highest BCUT2D eigenvalue weighted by Gasteiger charge is 2.27. The molecule has 0 spiro atoms. The Hall–Kier alpha value is -4.21. The van der Waals surface area contributed by atoms with Crippen LogP contribution in [0.15, 0.2) is 47.3 Å². The number of halogens is 2. The van der Waals surface area contributed by atoms with Crippen molar-refractivity contribution in [2.45, 2.75) is 6.61 Å². The molecule has 1 aromatic heterocycles. The molecule has 0 radical (unpaired) electrons. The molecule has 0 aliphatic heterocycles. The second-order valence-corrected chi connectivity index (χ2v) is 6.16. The Kier molecular flexibility index (Phi) is 5.50. The van der Waals surface area contributed by atoms with Crippen LogP contribution in [0.25, 0.3) is 11.1 Å². The lowest BCUT2D eigenvalue weighted by molar-refractivity contribution is 0.0695. The molecule has 0 aliphatic rings. The van der Waals surface area contributed by atoms with Crippen molar-refractivity contribution in [2.75, 3.05) is 5.73 Å². The topological polar surface area (TPSA) is 143 Å². The number of anilines is 1. The molecule has 0 bridgehead atoms. The third-order valence-electron chi connectivity index (χ3n) is 4.20. The van der Waals surface area contributed by atoms with Crippen LogP contribution in [-0.2, 0) is 6.61 Å². The zero-order valence-electron chi connectivity index (χ0n) is 15.1. The van der Waals surface area contributed by atoms with Gasteiger partial charge in [-0.25, -0.2) is 18.4 Å². The van der Waals surface area contributed by atoms with Crippen LogP contribution in [-0.4, -0.2) is 27.1 Å². The lowest BCUT2D eigenvalue weighted by Crippen LogP contribution is -2.24. The fourth-order valence-corrected chi connectivity index (χ4v) is 2.85. The van der Waals surface area contributed by atoms with E-state index in [4.69, 9.17) is 10.5 Å². The van der Waals surface area contributed by atoms with Crippen molar-refractivity contribution in [3.8, 4) is 16.9 Å². The molecule has 2 aromatic carbocycles. The normalized spacial score (nSPS) is 10.6. The molecule has 0 amide bonds. The van der Waals surface area contributed by atoms with E-state index < -0.39 is 51.6 Å². The van der Waals surface area contributed by atoms with Crippen LogP contribution < -0.4 is 16.0 Å². The molecule has 3 aromatic rings. The fourth-order valence-electron chi connectivity index (χ4n) is 2.85. The van der Waals surface area contributed by atoms with E-state index in [-0.39, 0.29) is 17.9 Å². The molecule has 154 valence electrons. The molecule has 3 rings (SSSR count). The summed E-state index contributed by atoms with van der Waals surface area (Å²) in [6, 6.07) is 8.55. The molecular weight excluding hydrogens is 402 g/mol. The maximum Gasteiger partial charge on any atom is 0.342 e. The summed E-state index contributed by atoms with van der Waals surface area (Å²) in [6.45, 7) is -0.0742. The number of aromatic amines is 1. The Balaban J connectivity index is 2.04. The van der Waals surface area contributed by atoms with Gasteiger partial charge in [0.05, 0.1) is 0 Å². The molecule has 10 heteroatoms. The van der Waals surface area contributed by atoms with Crippen LogP contribution >= 0.6 is 0 Å².